The van der Waals surface area contributed by atoms with Gasteiger partial charge in [0.25, 0.3) is 5.56 Å². The zero-order valence-corrected chi connectivity index (χ0v) is 14.9. The fraction of sp³-hybridized carbons (Fsp3) is 0.200. The number of aromatic amines is 1. The lowest BCUT2D eigenvalue weighted by atomic mass is 10.1. The number of nitrogens with one attached hydrogen (secondary N) is 2. The summed E-state index contributed by atoms with van der Waals surface area (Å²) in [5.74, 6) is 0.150. The van der Waals surface area contributed by atoms with E-state index in [0.29, 0.717) is 16.8 Å². The number of amides is 1. The first-order valence-corrected chi connectivity index (χ1v) is 8.43. The van der Waals surface area contributed by atoms with Gasteiger partial charge >= 0.3 is 6.18 Å². The molecule has 0 radical (unpaired) electrons. The van der Waals surface area contributed by atoms with Crippen molar-refractivity contribution < 1.29 is 22.7 Å². The number of carbonyl (C=O) groups is 1. The Hall–Kier alpha value is -3.29. The van der Waals surface area contributed by atoms with E-state index < -0.39 is 17.6 Å². The number of aromatic nitrogens is 1. The maximum atomic E-state index is 12.7. The van der Waals surface area contributed by atoms with Crippen molar-refractivity contribution in [1.29, 1.82) is 0 Å². The van der Waals surface area contributed by atoms with Crippen LogP contribution in [0.2, 0.25) is 0 Å². The predicted octanol–water partition coefficient (Wildman–Crippen LogP) is 4.13. The Bertz CT molecular complexity index is 1070. The van der Waals surface area contributed by atoms with Crippen LogP contribution in [0.4, 0.5) is 18.9 Å². The lowest BCUT2D eigenvalue weighted by molar-refractivity contribution is -0.137. The second-order valence-corrected chi connectivity index (χ2v) is 6.20. The summed E-state index contributed by atoms with van der Waals surface area (Å²) in [6.45, 7) is 0. The molecule has 0 fully saturated rings. The lowest BCUT2D eigenvalue weighted by Gasteiger charge is -2.10. The molecular weight excluding hydrogens is 373 g/mol. The lowest BCUT2D eigenvalue weighted by Crippen LogP contribution is -2.17. The second-order valence-electron chi connectivity index (χ2n) is 6.20. The van der Waals surface area contributed by atoms with Gasteiger partial charge < -0.3 is 15.0 Å². The fourth-order valence-electron chi connectivity index (χ4n) is 2.79. The number of H-pyrrole nitrogens is 1. The summed E-state index contributed by atoms with van der Waals surface area (Å²) in [5, 5.41) is 3.19. The molecule has 5 nitrogen and oxygen atoms in total. The number of halogens is 3. The molecule has 28 heavy (non-hydrogen) atoms. The van der Waals surface area contributed by atoms with E-state index >= 15 is 0 Å². The Morgan fingerprint density at radius 1 is 1.14 bits per heavy atom. The molecule has 0 saturated heterocycles. The minimum atomic E-state index is -4.49. The summed E-state index contributed by atoms with van der Waals surface area (Å²) >= 11 is 0. The molecular formula is C20H17F3N2O3. The van der Waals surface area contributed by atoms with Gasteiger partial charge in [-0.15, -0.1) is 0 Å². The van der Waals surface area contributed by atoms with Gasteiger partial charge in [0.05, 0.1) is 12.7 Å². The van der Waals surface area contributed by atoms with Gasteiger partial charge in [-0.25, -0.2) is 0 Å². The van der Waals surface area contributed by atoms with Crippen molar-refractivity contribution in [3.8, 4) is 5.75 Å². The summed E-state index contributed by atoms with van der Waals surface area (Å²) < 4.78 is 43.4. The molecule has 0 aliphatic rings. The Labute approximate surface area is 158 Å². The third-order valence-corrected chi connectivity index (χ3v) is 4.22. The molecule has 2 aromatic carbocycles. The topological polar surface area (TPSA) is 71.2 Å². The number of benzene rings is 2. The third-order valence-electron chi connectivity index (χ3n) is 4.22. The highest BCUT2D eigenvalue weighted by Gasteiger charge is 2.30. The minimum Gasteiger partial charge on any atom is -0.497 e. The Morgan fingerprint density at radius 3 is 2.64 bits per heavy atom. The van der Waals surface area contributed by atoms with Gasteiger partial charge in [-0.1, -0.05) is 6.07 Å². The van der Waals surface area contributed by atoms with Crippen LogP contribution in [0.3, 0.4) is 0 Å². The summed E-state index contributed by atoms with van der Waals surface area (Å²) in [4.78, 5) is 27.0. The first kappa shape index (κ1) is 19.5. The number of ether oxygens (including phenoxy) is 1. The van der Waals surface area contributed by atoms with E-state index in [9.17, 15) is 22.8 Å². The second kappa shape index (κ2) is 7.75. The number of aryl methyl sites for hydroxylation is 1. The van der Waals surface area contributed by atoms with Gasteiger partial charge in [-0.3, -0.25) is 9.59 Å². The zero-order valence-electron chi connectivity index (χ0n) is 14.9. The molecule has 1 aromatic heterocycles. The molecule has 0 aliphatic heterocycles. The van der Waals surface area contributed by atoms with E-state index in [1.807, 2.05) is 0 Å². The van der Waals surface area contributed by atoms with Gasteiger partial charge in [-0.2, -0.15) is 13.2 Å². The quantitative estimate of drug-likeness (QED) is 0.688. The first-order chi connectivity index (χ1) is 13.3. The highest BCUT2D eigenvalue weighted by atomic mass is 19.4. The zero-order chi connectivity index (χ0) is 20.3. The number of pyridine rings is 1. The Balaban J connectivity index is 1.71. The number of carbonyl (C=O) groups excluding carboxylic acids is 1. The smallest absolute Gasteiger partial charge is 0.416 e. The molecule has 0 spiro atoms. The number of hydrogen-bond acceptors (Lipinski definition) is 3. The Kier molecular flexibility index (Phi) is 5.39. The summed E-state index contributed by atoms with van der Waals surface area (Å²) in [5.41, 5.74) is -0.0605. The van der Waals surface area contributed by atoms with Crippen molar-refractivity contribution in [3.63, 3.8) is 0 Å². The minimum absolute atomic E-state index is 0.0468. The van der Waals surface area contributed by atoms with Crippen molar-refractivity contribution in [1.82, 2.24) is 4.98 Å². The van der Waals surface area contributed by atoms with Gasteiger partial charge in [0.15, 0.2) is 0 Å². The van der Waals surface area contributed by atoms with Gasteiger partial charge in [0.2, 0.25) is 5.91 Å². The van der Waals surface area contributed by atoms with Crippen molar-refractivity contribution in [2.75, 3.05) is 12.4 Å². The maximum absolute atomic E-state index is 12.7. The summed E-state index contributed by atoms with van der Waals surface area (Å²) in [6, 6.07) is 11.3. The van der Waals surface area contributed by atoms with E-state index in [1.54, 1.807) is 24.3 Å². The molecule has 0 atom stereocenters. The number of hydrogen-bond donors (Lipinski definition) is 2. The van der Waals surface area contributed by atoms with E-state index in [4.69, 9.17) is 4.74 Å². The average molecular weight is 390 g/mol. The van der Waals surface area contributed by atoms with Crippen molar-refractivity contribution in [3.05, 3.63) is 70.0 Å². The summed E-state index contributed by atoms with van der Waals surface area (Å²) in [6.07, 6.45) is -4.39. The summed E-state index contributed by atoms with van der Waals surface area (Å²) in [7, 11) is 1.53. The number of alkyl halides is 3. The van der Waals surface area contributed by atoms with Crippen LogP contribution in [0.5, 0.6) is 5.75 Å². The van der Waals surface area contributed by atoms with Crippen LogP contribution in [0, 0.1) is 0 Å². The number of rotatable bonds is 5. The van der Waals surface area contributed by atoms with Gasteiger partial charge in [0.1, 0.15) is 5.75 Å². The molecule has 3 rings (SSSR count). The highest BCUT2D eigenvalue weighted by molar-refractivity contribution is 5.91. The molecule has 3 aromatic rings. The van der Waals surface area contributed by atoms with Crippen LogP contribution >= 0.6 is 0 Å². The van der Waals surface area contributed by atoms with Crippen LogP contribution in [-0.4, -0.2) is 18.0 Å². The molecule has 0 unspecified atom stereocenters. The van der Waals surface area contributed by atoms with E-state index in [0.717, 1.165) is 17.5 Å². The fourth-order valence-corrected chi connectivity index (χ4v) is 2.79. The molecule has 0 saturated carbocycles. The van der Waals surface area contributed by atoms with Crippen LogP contribution < -0.4 is 15.6 Å². The molecule has 146 valence electrons. The first-order valence-electron chi connectivity index (χ1n) is 8.43. The van der Waals surface area contributed by atoms with Gasteiger partial charge in [-0.05, 0) is 48.9 Å². The number of methoxy groups -OCH3 is 1. The maximum Gasteiger partial charge on any atom is 0.416 e. The standard InChI is InChI=1S/C20H17F3N2O3/c1-28-16-6-7-17-13(10-16)9-12(19(27)25-17)5-8-18(26)24-15-4-2-3-14(11-15)20(21,22)23/h2-4,6-7,9-11H,5,8H2,1H3,(H,24,26)(H,25,27). The predicted molar refractivity (Wildman–Crippen MR) is 99.5 cm³/mol. The van der Waals surface area contributed by atoms with E-state index in [2.05, 4.69) is 10.3 Å². The van der Waals surface area contributed by atoms with Gasteiger partial charge in [0, 0.05) is 28.6 Å². The van der Waals surface area contributed by atoms with Crippen molar-refractivity contribution in [2.45, 2.75) is 19.0 Å². The highest BCUT2D eigenvalue weighted by Crippen LogP contribution is 2.30. The normalized spacial score (nSPS) is 11.4. The van der Waals surface area contributed by atoms with E-state index in [1.165, 1.54) is 19.2 Å². The van der Waals surface area contributed by atoms with Crippen molar-refractivity contribution in [2.24, 2.45) is 0 Å². The average Bonchev–Trinajstić information content (AvgIpc) is 2.65. The van der Waals surface area contributed by atoms with Crippen molar-refractivity contribution >= 4 is 22.5 Å². The SMILES string of the molecule is COc1ccc2[nH]c(=O)c(CCC(=O)Nc3cccc(C(F)(F)F)c3)cc2c1. The van der Waals surface area contributed by atoms with Crippen LogP contribution in [0.25, 0.3) is 10.9 Å². The van der Waals surface area contributed by atoms with Crippen LogP contribution in [0.15, 0.2) is 53.3 Å². The van der Waals surface area contributed by atoms with Crippen LogP contribution in [0.1, 0.15) is 17.5 Å². The molecule has 1 heterocycles. The number of anilines is 1. The molecule has 1 amide bonds. The third kappa shape index (κ3) is 4.51. The Morgan fingerprint density at radius 2 is 1.93 bits per heavy atom. The molecule has 8 heteroatoms. The monoisotopic (exact) mass is 390 g/mol. The molecule has 0 aliphatic carbocycles. The van der Waals surface area contributed by atoms with E-state index in [-0.39, 0.29) is 24.1 Å². The van der Waals surface area contributed by atoms with Crippen LogP contribution in [-0.2, 0) is 17.4 Å². The number of fused-ring (bicyclic) bond motifs is 1. The largest absolute Gasteiger partial charge is 0.497 e. The molecule has 0 bridgehead atoms. The molecule has 2 N–H and O–H groups in total.